The van der Waals surface area contributed by atoms with Crippen LogP contribution in [0.4, 0.5) is 5.82 Å². The number of rotatable bonds is 6. The Morgan fingerprint density at radius 3 is 2.72 bits per heavy atom. The molecule has 1 aromatic carbocycles. The van der Waals surface area contributed by atoms with Crippen LogP contribution in [0, 0.1) is 6.92 Å². The lowest BCUT2D eigenvalue weighted by atomic mass is 10.1. The van der Waals surface area contributed by atoms with E-state index < -0.39 is 5.97 Å². The minimum absolute atomic E-state index is 0.178. The summed E-state index contributed by atoms with van der Waals surface area (Å²) in [5.41, 5.74) is 1.64. The van der Waals surface area contributed by atoms with E-state index in [1.165, 1.54) is 0 Å². The molecule has 3 heterocycles. The summed E-state index contributed by atoms with van der Waals surface area (Å²) in [4.78, 5) is 22.7. The zero-order valence-electron chi connectivity index (χ0n) is 16.5. The van der Waals surface area contributed by atoms with Gasteiger partial charge in [0.25, 0.3) is 0 Å². The number of hydrogen-bond acceptors (Lipinski definition) is 7. The third-order valence-corrected chi connectivity index (χ3v) is 4.53. The lowest BCUT2D eigenvalue weighted by Crippen LogP contribution is -2.17. The third-order valence-electron chi connectivity index (χ3n) is 4.53. The number of fused-ring (bicyclic) bond motifs is 1. The van der Waals surface area contributed by atoms with E-state index in [4.69, 9.17) is 13.6 Å². The van der Waals surface area contributed by atoms with Crippen LogP contribution in [0.5, 0.6) is 0 Å². The molecule has 0 fully saturated rings. The van der Waals surface area contributed by atoms with Gasteiger partial charge in [0.1, 0.15) is 29.4 Å². The van der Waals surface area contributed by atoms with E-state index in [0.717, 1.165) is 33.8 Å². The average Bonchev–Trinajstić information content (AvgIpc) is 3.36. The van der Waals surface area contributed by atoms with Gasteiger partial charge in [0.2, 0.25) is 5.76 Å². The Balaban J connectivity index is 1.68. The van der Waals surface area contributed by atoms with E-state index in [1.54, 1.807) is 25.4 Å². The molecule has 0 radical (unpaired) electrons. The first-order valence-electron chi connectivity index (χ1n) is 9.33. The molecule has 0 saturated heterocycles. The third kappa shape index (κ3) is 3.85. The summed E-state index contributed by atoms with van der Waals surface area (Å²) in [5, 5.41) is 0.880. The molecule has 0 amide bonds. The second-order valence-electron chi connectivity index (χ2n) is 6.68. The first-order valence-corrected chi connectivity index (χ1v) is 9.33. The van der Waals surface area contributed by atoms with Crippen LogP contribution in [-0.2, 0) is 11.3 Å². The molecule has 0 atom stereocenters. The van der Waals surface area contributed by atoms with Crippen molar-refractivity contribution in [1.29, 1.82) is 0 Å². The van der Waals surface area contributed by atoms with E-state index in [9.17, 15) is 4.79 Å². The van der Waals surface area contributed by atoms with Crippen molar-refractivity contribution in [1.82, 2.24) is 9.97 Å². The van der Waals surface area contributed by atoms with Gasteiger partial charge < -0.3 is 18.5 Å². The number of hydrogen-bond donors (Lipinski definition) is 0. The van der Waals surface area contributed by atoms with Crippen molar-refractivity contribution < 1.29 is 18.4 Å². The molecule has 0 aliphatic carbocycles. The molecule has 0 unspecified atom stereocenters. The Kier molecular flexibility index (Phi) is 5.03. The number of furan rings is 2. The molecule has 0 spiro atoms. The van der Waals surface area contributed by atoms with Gasteiger partial charge in [-0.1, -0.05) is 0 Å². The van der Waals surface area contributed by atoms with Crippen molar-refractivity contribution in [3.8, 4) is 11.3 Å². The number of aromatic nitrogens is 2. The Hall–Kier alpha value is -3.61. The first-order chi connectivity index (χ1) is 14.0. The monoisotopic (exact) mass is 391 g/mol. The normalized spacial score (nSPS) is 11.0. The smallest absolute Gasteiger partial charge is 0.374 e. The quantitative estimate of drug-likeness (QED) is 0.444. The van der Waals surface area contributed by atoms with Gasteiger partial charge in [0.15, 0.2) is 0 Å². The van der Waals surface area contributed by atoms with E-state index in [-0.39, 0.29) is 5.76 Å². The summed E-state index contributed by atoms with van der Waals surface area (Å²) < 4.78 is 16.4. The van der Waals surface area contributed by atoms with E-state index in [1.807, 2.05) is 49.2 Å². The largest absolute Gasteiger partial charge is 0.464 e. The van der Waals surface area contributed by atoms with Crippen LogP contribution in [0.2, 0.25) is 0 Å². The van der Waals surface area contributed by atoms with Crippen molar-refractivity contribution >= 4 is 22.7 Å². The van der Waals surface area contributed by atoms with Crippen LogP contribution in [0.25, 0.3) is 22.2 Å². The van der Waals surface area contributed by atoms with Gasteiger partial charge >= 0.3 is 5.97 Å². The molecule has 0 N–H and O–H groups in total. The van der Waals surface area contributed by atoms with Crippen LogP contribution in [0.3, 0.4) is 0 Å². The van der Waals surface area contributed by atoms with Gasteiger partial charge in [-0.05, 0) is 56.3 Å². The molecule has 0 saturated carbocycles. The molecule has 29 heavy (non-hydrogen) atoms. The van der Waals surface area contributed by atoms with Crippen molar-refractivity contribution in [3.05, 3.63) is 66.1 Å². The molecule has 0 aliphatic heterocycles. The van der Waals surface area contributed by atoms with Crippen LogP contribution in [-0.4, -0.2) is 29.6 Å². The second-order valence-corrected chi connectivity index (χ2v) is 6.68. The molecular weight excluding hydrogens is 370 g/mol. The Morgan fingerprint density at radius 1 is 1.10 bits per heavy atom. The Morgan fingerprint density at radius 2 is 1.97 bits per heavy atom. The highest BCUT2D eigenvalue weighted by Crippen LogP contribution is 2.30. The molecule has 3 aromatic heterocycles. The lowest BCUT2D eigenvalue weighted by Gasteiger charge is -2.18. The molecule has 0 bridgehead atoms. The van der Waals surface area contributed by atoms with Gasteiger partial charge in [-0.3, -0.25) is 0 Å². The zero-order chi connectivity index (χ0) is 20.4. The topological polar surface area (TPSA) is 81.6 Å². The molecule has 7 nitrogen and oxygen atoms in total. The first kappa shape index (κ1) is 18.7. The number of aryl methyl sites for hydroxylation is 1. The molecule has 0 aliphatic rings. The fourth-order valence-corrected chi connectivity index (χ4v) is 3.18. The fraction of sp³-hybridized carbons (Fsp3) is 0.227. The summed E-state index contributed by atoms with van der Waals surface area (Å²) in [6.07, 6.45) is 1.55. The molecule has 4 rings (SSSR count). The number of esters is 1. The van der Waals surface area contributed by atoms with Gasteiger partial charge in [-0.2, -0.15) is 0 Å². The minimum Gasteiger partial charge on any atom is -0.464 e. The predicted molar refractivity (Wildman–Crippen MR) is 109 cm³/mol. The van der Waals surface area contributed by atoms with Crippen molar-refractivity contribution in [3.63, 3.8) is 0 Å². The van der Waals surface area contributed by atoms with Crippen LogP contribution >= 0.6 is 0 Å². The highest BCUT2D eigenvalue weighted by molar-refractivity contribution is 5.93. The number of nitrogens with zero attached hydrogens (tertiary/aromatic N) is 3. The van der Waals surface area contributed by atoms with Crippen LogP contribution in [0.15, 0.2) is 57.6 Å². The standard InChI is InChI=1S/C22H21N3O4/c1-4-27-22(26)20-10-9-19(29-20)15-6-8-18-17(11-15)21(24-13-23-18)25(3)12-16-7-5-14(2)28-16/h5-11,13H,4,12H2,1-3H3. The van der Waals surface area contributed by atoms with Crippen molar-refractivity contribution in [2.75, 3.05) is 18.6 Å². The van der Waals surface area contributed by atoms with Gasteiger partial charge in [-0.15, -0.1) is 0 Å². The van der Waals surface area contributed by atoms with E-state index >= 15 is 0 Å². The maximum Gasteiger partial charge on any atom is 0.374 e. The minimum atomic E-state index is -0.475. The summed E-state index contributed by atoms with van der Waals surface area (Å²) in [6, 6.07) is 13.0. The van der Waals surface area contributed by atoms with Crippen LogP contribution in [0.1, 0.15) is 29.0 Å². The summed E-state index contributed by atoms with van der Waals surface area (Å²) in [7, 11) is 1.96. The highest BCUT2D eigenvalue weighted by atomic mass is 16.5. The number of ether oxygens (including phenoxy) is 1. The zero-order valence-corrected chi connectivity index (χ0v) is 16.5. The van der Waals surface area contributed by atoms with Gasteiger partial charge in [-0.25, -0.2) is 14.8 Å². The number of carbonyl (C=O) groups is 1. The maximum absolute atomic E-state index is 11.9. The van der Waals surface area contributed by atoms with Gasteiger partial charge in [0, 0.05) is 18.0 Å². The number of carbonyl (C=O) groups excluding carboxylic acids is 1. The van der Waals surface area contributed by atoms with E-state index in [2.05, 4.69) is 9.97 Å². The molecule has 7 heteroatoms. The fourth-order valence-electron chi connectivity index (χ4n) is 3.18. The highest BCUT2D eigenvalue weighted by Gasteiger charge is 2.15. The number of anilines is 1. The SMILES string of the molecule is CCOC(=O)c1ccc(-c2ccc3ncnc(N(C)Cc4ccc(C)o4)c3c2)o1. The maximum atomic E-state index is 11.9. The Bertz CT molecular complexity index is 1160. The number of benzene rings is 1. The second kappa shape index (κ2) is 7.79. The Labute approximate surface area is 167 Å². The van der Waals surface area contributed by atoms with Crippen molar-refractivity contribution in [2.24, 2.45) is 0 Å². The van der Waals surface area contributed by atoms with Crippen molar-refractivity contribution in [2.45, 2.75) is 20.4 Å². The average molecular weight is 391 g/mol. The van der Waals surface area contributed by atoms with Crippen LogP contribution < -0.4 is 4.90 Å². The van der Waals surface area contributed by atoms with E-state index in [0.29, 0.717) is 18.9 Å². The molecular formula is C22H21N3O4. The van der Waals surface area contributed by atoms with Gasteiger partial charge in [0.05, 0.1) is 18.7 Å². The lowest BCUT2D eigenvalue weighted by molar-refractivity contribution is 0.0491. The summed E-state index contributed by atoms with van der Waals surface area (Å²) in [6.45, 7) is 4.56. The molecule has 148 valence electrons. The summed E-state index contributed by atoms with van der Waals surface area (Å²) in [5.74, 6) is 2.79. The molecule has 4 aromatic rings. The summed E-state index contributed by atoms with van der Waals surface area (Å²) >= 11 is 0. The predicted octanol–water partition coefficient (Wildman–Crippen LogP) is 4.60.